The number of carbonyl (C=O) groups is 2. The van der Waals surface area contributed by atoms with E-state index in [1.54, 1.807) is 18.2 Å². The number of hydrogen-bond acceptors (Lipinski definition) is 3. The number of carbonyl (C=O) groups excluding carboxylic acids is 2. The van der Waals surface area contributed by atoms with Crippen molar-refractivity contribution in [3.05, 3.63) is 65.0 Å². The summed E-state index contributed by atoms with van der Waals surface area (Å²) in [7, 11) is 0. The van der Waals surface area contributed by atoms with Gasteiger partial charge in [0.05, 0.1) is 0 Å². The van der Waals surface area contributed by atoms with Gasteiger partial charge < -0.3 is 10.6 Å². The maximum atomic E-state index is 12.2. The van der Waals surface area contributed by atoms with Gasteiger partial charge in [-0.3, -0.25) is 9.59 Å². The lowest BCUT2D eigenvalue weighted by Crippen LogP contribution is -2.31. The third-order valence-corrected chi connectivity index (χ3v) is 3.21. The molecule has 0 saturated heterocycles. The molecule has 0 aliphatic rings. The fraction of sp³-hybridized carbons (Fsp3) is 0.278. The van der Waals surface area contributed by atoms with Gasteiger partial charge in [0.15, 0.2) is 0 Å². The van der Waals surface area contributed by atoms with Crippen LogP contribution in [0, 0.1) is 6.92 Å². The predicted molar refractivity (Wildman–Crippen MR) is 89.2 cm³/mol. The Kier molecular flexibility index (Phi) is 5.46. The Labute approximate surface area is 136 Å². The van der Waals surface area contributed by atoms with Crippen molar-refractivity contribution in [3.63, 3.8) is 0 Å². The van der Waals surface area contributed by atoms with Crippen LogP contribution in [0.15, 0.2) is 42.5 Å². The average molecular weight is 311 g/mol. The van der Waals surface area contributed by atoms with Gasteiger partial charge in [-0.1, -0.05) is 35.9 Å². The minimum Gasteiger partial charge on any atom is -0.349 e. The van der Waals surface area contributed by atoms with Crippen molar-refractivity contribution in [3.8, 4) is 0 Å². The molecule has 0 bridgehead atoms. The van der Waals surface area contributed by atoms with Gasteiger partial charge in [-0.25, -0.2) is 4.98 Å². The summed E-state index contributed by atoms with van der Waals surface area (Å²) in [6.07, 6.45) is 0. The lowest BCUT2D eigenvalue weighted by Gasteiger charge is -2.09. The van der Waals surface area contributed by atoms with E-state index in [9.17, 15) is 9.59 Å². The van der Waals surface area contributed by atoms with Crippen LogP contribution in [-0.4, -0.2) is 22.8 Å². The number of aromatic nitrogens is 1. The number of amides is 2. The van der Waals surface area contributed by atoms with Gasteiger partial charge in [0.1, 0.15) is 11.4 Å². The Morgan fingerprint density at radius 1 is 1.00 bits per heavy atom. The number of nitrogens with one attached hydrogen (secondary N) is 2. The van der Waals surface area contributed by atoms with Gasteiger partial charge in [0, 0.05) is 12.6 Å². The molecule has 120 valence electrons. The molecule has 0 spiro atoms. The van der Waals surface area contributed by atoms with Gasteiger partial charge in [-0.05, 0) is 38.5 Å². The molecular weight excluding hydrogens is 290 g/mol. The number of pyridine rings is 1. The second-order valence-electron chi connectivity index (χ2n) is 5.70. The highest BCUT2D eigenvalue weighted by molar-refractivity contribution is 5.96. The highest BCUT2D eigenvalue weighted by Crippen LogP contribution is 2.04. The molecule has 0 fully saturated rings. The highest BCUT2D eigenvalue weighted by atomic mass is 16.2. The summed E-state index contributed by atoms with van der Waals surface area (Å²) in [6.45, 7) is 6.18. The van der Waals surface area contributed by atoms with Crippen LogP contribution in [0.2, 0.25) is 0 Å². The second kappa shape index (κ2) is 7.54. The van der Waals surface area contributed by atoms with Gasteiger partial charge in [-0.15, -0.1) is 0 Å². The molecule has 2 rings (SSSR count). The lowest BCUT2D eigenvalue weighted by atomic mass is 10.1. The molecule has 0 radical (unpaired) electrons. The van der Waals surface area contributed by atoms with E-state index >= 15 is 0 Å². The molecule has 0 unspecified atom stereocenters. The fourth-order valence-corrected chi connectivity index (χ4v) is 2.00. The van der Waals surface area contributed by atoms with Crippen molar-refractivity contribution >= 4 is 11.8 Å². The highest BCUT2D eigenvalue weighted by Gasteiger charge is 2.12. The van der Waals surface area contributed by atoms with E-state index in [0.717, 1.165) is 5.56 Å². The quantitative estimate of drug-likeness (QED) is 0.891. The van der Waals surface area contributed by atoms with Crippen LogP contribution < -0.4 is 10.6 Å². The number of rotatable bonds is 5. The molecule has 1 aromatic carbocycles. The summed E-state index contributed by atoms with van der Waals surface area (Å²) in [6, 6.07) is 12.8. The Bertz CT molecular complexity index is 694. The second-order valence-corrected chi connectivity index (χ2v) is 5.70. The zero-order valence-corrected chi connectivity index (χ0v) is 13.6. The van der Waals surface area contributed by atoms with Crippen LogP contribution in [0.4, 0.5) is 0 Å². The fourth-order valence-electron chi connectivity index (χ4n) is 2.00. The Balaban J connectivity index is 2.02. The van der Waals surface area contributed by atoms with Crippen molar-refractivity contribution in [1.29, 1.82) is 0 Å². The molecule has 1 heterocycles. The molecule has 0 atom stereocenters. The molecule has 2 amide bonds. The Morgan fingerprint density at radius 2 is 1.61 bits per heavy atom. The molecule has 5 nitrogen and oxygen atoms in total. The van der Waals surface area contributed by atoms with Crippen molar-refractivity contribution < 1.29 is 9.59 Å². The zero-order chi connectivity index (χ0) is 16.8. The first-order chi connectivity index (χ1) is 11.0. The molecule has 0 saturated carbocycles. The Hall–Kier alpha value is -2.69. The van der Waals surface area contributed by atoms with Gasteiger partial charge >= 0.3 is 0 Å². The van der Waals surface area contributed by atoms with E-state index in [-0.39, 0.29) is 29.2 Å². The first-order valence-electron chi connectivity index (χ1n) is 7.57. The van der Waals surface area contributed by atoms with Gasteiger partial charge in [0.2, 0.25) is 0 Å². The third-order valence-electron chi connectivity index (χ3n) is 3.21. The molecule has 2 aromatic rings. The zero-order valence-electron chi connectivity index (χ0n) is 13.6. The first kappa shape index (κ1) is 16.7. The van der Waals surface area contributed by atoms with Crippen LogP contribution >= 0.6 is 0 Å². The normalized spacial score (nSPS) is 10.4. The molecule has 23 heavy (non-hydrogen) atoms. The number of aryl methyl sites for hydroxylation is 1. The summed E-state index contributed by atoms with van der Waals surface area (Å²) in [5, 5.41) is 5.56. The number of hydrogen-bond donors (Lipinski definition) is 2. The Morgan fingerprint density at radius 3 is 2.22 bits per heavy atom. The summed E-state index contributed by atoms with van der Waals surface area (Å²) >= 11 is 0. The lowest BCUT2D eigenvalue weighted by molar-refractivity contribution is 0.0936. The molecular formula is C18H21N3O2. The van der Waals surface area contributed by atoms with E-state index < -0.39 is 0 Å². The number of nitrogens with zero attached hydrogens (tertiary/aromatic N) is 1. The number of benzene rings is 1. The first-order valence-corrected chi connectivity index (χ1v) is 7.57. The molecule has 0 aliphatic heterocycles. The third kappa shape index (κ3) is 4.92. The van der Waals surface area contributed by atoms with E-state index in [1.165, 1.54) is 5.56 Å². The van der Waals surface area contributed by atoms with E-state index in [2.05, 4.69) is 15.6 Å². The monoisotopic (exact) mass is 311 g/mol. The van der Waals surface area contributed by atoms with Crippen LogP contribution in [0.5, 0.6) is 0 Å². The summed E-state index contributed by atoms with van der Waals surface area (Å²) in [5.74, 6) is -0.585. The molecule has 1 aromatic heterocycles. The van der Waals surface area contributed by atoms with Crippen LogP contribution in [0.25, 0.3) is 0 Å². The SMILES string of the molecule is Cc1ccc(CNC(=O)c2cccc(C(=O)NC(C)C)n2)cc1. The van der Waals surface area contributed by atoms with Crippen molar-refractivity contribution in [2.24, 2.45) is 0 Å². The summed E-state index contributed by atoms with van der Waals surface area (Å²) in [4.78, 5) is 28.2. The molecule has 5 heteroatoms. The summed E-state index contributed by atoms with van der Waals surface area (Å²) in [5.41, 5.74) is 2.65. The largest absolute Gasteiger partial charge is 0.349 e. The molecule has 2 N–H and O–H groups in total. The van der Waals surface area contributed by atoms with Gasteiger partial charge in [-0.2, -0.15) is 0 Å². The van der Waals surface area contributed by atoms with E-state index in [1.807, 2.05) is 45.0 Å². The maximum Gasteiger partial charge on any atom is 0.270 e. The smallest absolute Gasteiger partial charge is 0.270 e. The maximum absolute atomic E-state index is 12.2. The molecule has 0 aliphatic carbocycles. The van der Waals surface area contributed by atoms with Crippen molar-refractivity contribution in [1.82, 2.24) is 15.6 Å². The topological polar surface area (TPSA) is 71.1 Å². The minimum atomic E-state index is -0.301. The predicted octanol–water partition coefficient (Wildman–Crippen LogP) is 2.46. The van der Waals surface area contributed by atoms with E-state index in [4.69, 9.17) is 0 Å². The summed E-state index contributed by atoms with van der Waals surface area (Å²) < 4.78 is 0. The van der Waals surface area contributed by atoms with Crippen LogP contribution in [0.3, 0.4) is 0 Å². The van der Waals surface area contributed by atoms with E-state index in [0.29, 0.717) is 6.54 Å². The standard InChI is InChI=1S/C18H21N3O2/c1-12(2)20-18(23)16-6-4-5-15(21-16)17(22)19-11-14-9-7-13(3)8-10-14/h4-10,12H,11H2,1-3H3,(H,19,22)(H,20,23). The van der Waals surface area contributed by atoms with Crippen molar-refractivity contribution in [2.75, 3.05) is 0 Å². The average Bonchev–Trinajstić information content (AvgIpc) is 2.53. The minimum absolute atomic E-state index is 0.0170. The van der Waals surface area contributed by atoms with Crippen molar-refractivity contribution in [2.45, 2.75) is 33.4 Å². The van der Waals surface area contributed by atoms with Crippen LogP contribution in [0.1, 0.15) is 46.0 Å². The van der Waals surface area contributed by atoms with Gasteiger partial charge in [0.25, 0.3) is 11.8 Å². The van der Waals surface area contributed by atoms with Crippen LogP contribution in [-0.2, 0) is 6.54 Å².